The molecule has 0 amide bonds. The minimum absolute atomic E-state index is 0.0801. The molecule has 2 aromatic rings. The standard InChI is InChI=1S/C16H16BrClFNO2/c1-16(2,17)10-21-9-12-4-3-5-15(20-12)22-14-7-6-11(18)8-13(14)19/h3-8H,9-10H2,1-2H3. The van der Waals surface area contributed by atoms with Crippen LogP contribution in [0.5, 0.6) is 11.6 Å². The maximum Gasteiger partial charge on any atom is 0.219 e. The molecule has 0 saturated carbocycles. The van der Waals surface area contributed by atoms with E-state index in [2.05, 4.69) is 20.9 Å². The fourth-order valence-corrected chi connectivity index (χ4v) is 1.98. The molecule has 6 heteroatoms. The SMILES string of the molecule is CC(C)(Br)COCc1cccc(Oc2ccc(Cl)cc2F)n1. The van der Waals surface area contributed by atoms with Gasteiger partial charge in [0.2, 0.25) is 5.88 Å². The average Bonchev–Trinajstić information content (AvgIpc) is 2.41. The maximum atomic E-state index is 13.7. The Morgan fingerprint density at radius 3 is 2.73 bits per heavy atom. The molecule has 1 heterocycles. The van der Waals surface area contributed by atoms with E-state index in [0.29, 0.717) is 29.8 Å². The van der Waals surface area contributed by atoms with Crippen molar-refractivity contribution in [2.24, 2.45) is 0 Å². The summed E-state index contributed by atoms with van der Waals surface area (Å²) in [7, 11) is 0. The van der Waals surface area contributed by atoms with Crippen LogP contribution in [-0.2, 0) is 11.3 Å². The van der Waals surface area contributed by atoms with Gasteiger partial charge in [-0.05, 0) is 38.1 Å². The molecular formula is C16H16BrClFNO2. The van der Waals surface area contributed by atoms with Gasteiger partial charge in [0.15, 0.2) is 11.6 Å². The van der Waals surface area contributed by atoms with Gasteiger partial charge in [-0.2, -0.15) is 0 Å². The number of pyridine rings is 1. The van der Waals surface area contributed by atoms with E-state index in [1.807, 2.05) is 19.9 Å². The van der Waals surface area contributed by atoms with Crippen LogP contribution >= 0.6 is 27.5 Å². The number of aromatic nitrogens is 1. The molecule has 118 valence electrons. The molecule has 0 saturated heterocycles. The Labute approximate surface area is 142 Å². The van der Waals surface area contributed by atoms with E-state index in [1.54, 1.807) is 18.2 Å². The molecule has 0 N–H and O–H groups in total. The van der Waals surface area contributed by atoms with Crippen molar-refractivity contribution in [3.8, 4) is 11.6 Å². The fourth-order valence-electron chi connectivity index (χ4n) is 1.66. The number of alkyl halides is 1. The normalized spacial score (nSPS) is 11.5. The second kappa shape index (κ2) is 7.40. The number of hydrogen-bond donors (Lipinski definition) is 0. The van der Waals surface area contributed by atoms with Crippen molar-refractivity contribution in [1.29, 1.82) is 0 Å². The number of rotatable bonds is 6. The molecular weight excluding hydrogens is 373 g/mol. The van der Waals surface area contributed by atoms with Crippen LogP contribution in [0.4, 0.5) is 4.39 Å². The van der Waals surface area contributed by atoms with Crippen molar-refractivity contribution < 1.29 is 13.9 Å². The molecule has 3 nitrogen and oxygen atoms in total. The monoisotopic (exact) mass is 387 g/mol. The van der Waals surface area contributed by atoms with Crippen LogP contribution in [0.3, 0.4) is 0 Å². The topological polar surface area (TPSA) is 31.4 Å². The first-order valence-electron chi connectivity index (χ1n) is 6.69. The molecule has 0 spiro atoms. The van der Waals surface area contributed by atoms with Crippen LogP contribution in [-0.4, -0.2) is 15.9 Å². The summed E-state index contributed by atoms with van der Waals surface area (Å²) in [6.45, 7) is 4.94. The van der Waals surface area contributed by atoms with Crippen LogP contribution in [0.25, 0.3) is 0 Å². The Bertz CT molecular complexity index is 646. The Hall–Kier alpha value is -1.17. The minimum Gasteiger partial charge on any atom is -0.436 e. The summed E-state index contributed by atoms with van der Waals surface area (Å²) in [5.41, 5.74) is 0.712. The fraction of sp³-hybridized carbons (Fsp3) is 0.312. The van der Waals surface area contributed by atoms with Crippen molar-refractivity contribution in [2.45, 2.75) is 24.8 Å². The molecule has 0 fully saturated rings. The molecule has 0 aliphatic rings. The predicted molar refractivity (Wildman–Crippen MR) is 88.4 cm³/mol. The highest BCUT2D eigenvalue weighted by molar-refractivity contribution is 9.10. The van der Waals surface area contributed by atoms with E-state index >= 15 is 0 Å². The number of halogens is 3. The van der Waals surface area contributed by atoms with Gasteiger partial charge in [-0.25, -0.2) is 9.37 Å². The van der Waals surface area contributed by atoms with Crippen LogP contribution in [0.2, 0.25) is 5.02 Å². The van der Waals surface area contributed by atoms with Gasteiger partial charge in [-0.15, -0.1) is 0 Å². The van der Waals surface area contributed by atoms with Gasteiger partial charge in [0.05, 0.1) is 18.9 Å². The second-order valence-electron chi connectivity index (χ2n) is 5.36. The van der Waals surface area contributed by atoms with Crippen molar-refractivity contribution in [3.05, 3.63) is 52.9 Å². The highest BCUT2D eigenvalue weighted by Gasteiger charge is 2.13. The van der Waals surface area contributed by atoms with Crippen LogP contribution in [0.1, 0.15) is 19.5 Å². The minimum atomic E-state index is -0.531. The summed E-state index contributed by atoms with van der Waals surface area (Å²) < 4.78 is 24.6. The van der Waals surface area contributed by atoms with Gasteiger partial charge in [-0.1, -0.05) is 33.6 Å². The third-order valence-corrected chi connectivity index (χ3v) is 3.05. The second-order valence-corrected chi connectivity index (χ2v) is 7.94. The van der Waals surface area contributed by atoms with Gasteiger partial charge in [0.1, 0.15) is 0 Å². The summed E-state index contributed by atoms with van der Waals surface area (Å²) in [6, 6.07) is 9.50. The summed E-state index contributed by atoms with van der Waals surface area (Å²) in [6.07, 6.45) is 0. The molecule has 0 unspecified atom stereocenters. The van der Waals surface area contributed by atoms with Crippen LogP contribution in [0, 0.1) is 5.82 Å². The Morgan fingerprint density at radius 1 is 1.27 bits per heavy atom. The highest BCUT2D eigenvalue weighted by Crippen LogP contribution is 2.25. The zero-order chi connectivity index (χ0) is 16.2. The average molecular weight is 389 g/mol. The van der Waals surface area contributed by atoms with Gasteiger partial charge in [0, 0.05) is 15.4 Å². The Kier molecular flexibility index (Phi) is 5.78. The Morgan fingerprint density at radius 2 is 2.05 bits per heavy atom. The molecule has 0 aliphatic heterocycles. The molecule has 1 aromatic carbocycles. The van der Waals surface area contributed by atoms with E-state index in [4.69, 9.17) is 21.1 Å². The molecule has 1 aromatic heterocycles. The smallest absolute Gasteiger partial charge is 0.219 e. The lowest BCUT2D eigenvalue weighted by Gasteiger charge is -2.15. The quantitative estimate of drug-likeness (QED) is 0.625. The first-order valence-corrected chi connectivity index (χ1v) is 7.86. The van der Waals surface area contributed by atoms with E-state index in [9.17, 15) is 4.39 Å². The lowest BCUT2D eigenvalue weighted by Crippen LogP contribution is -2.18. The molecule has 0 bridgehead atoms. The van der Waals surface area contributed by atoms with Gasteiger partial charge in [0.25, 0.3) is 0 Å². The summed E-state index contributed by atoms with van der Waals surface area (Å²) >= 11 is 9.21. The molecule has 22 heavy (non-hydrogen) atoms. The van der Waals surface area contributed by atoms with E-state index in [-0.39, 0.29) is 10.1 Å². The molecule has 0 aliphatic carbocycles. The number of benzene rings is 1. The van der Waals surface area contributed by atoms with Gasteiger partial charge < -0.3 is 9.47 Å². The van der Waals surface area contributed by atoms with Gasteiger partial charge >= 0.3 is 0 Å². The zero-order valence-electron chi connectivity index (χ0n) is 12.3. The molecule has 0 radical (unpaired) electrons. The zero-order valence-corrected chi connectivity index (χ0v) is 14.6. The molecule has 2 rings (SSSR count). The summed E-state index contributed by atoms with van der Waals surface area (Å²) in [5, 5.41) is 0.317. The third-order valence-electron chi connectivity index (χ3n) is 2.58. The van der Waals surface area contributed by atoms with Crippen molar-refractivity contribution in [3.63, 3.8) is 0 Å². The highest BCUT2D eigenvalue weighted by atomic mass is 79.9. The number of nitrogens with zero attached hydrogens (tertiary/aromatic N) is 1. The first-order chi connectivity index (χ1) is 10.3. The maximum absolute atomic E-state index is 13.7. The number of hydrogen-bond acceptors (Lipinski definition) is 3. The summed E-state index contributed by atoms with van der Waals surface area (Å²) in [4.78, 5) is 4.29. The lowest BCUT2D eigenvalue weighted by molar-refractivity contribution is 0.105. The number of ether oxygens (including phenoxy) is 2. The van der Waals surface area contributed by atoms with Crippen LogP contribution in [0.15, 0.2) is 36.4 Å². The van der Waals surface area contributed by atoms with E-state index < -0.39 is 5.82 Å². The van der Waals surface area contributed by atoms with Crippen molar-refractivity contribution >= 4 is 27.5 Å². The van der Waals surface area contributed by atoms with Crippen molar-refractivity contribution in [1.82, 2.24) is 4.98 Å². The van der Waals surface area contributed by atoms with Crippen molar-refractivity contribution in [2.75, 3.05) is 6.61 Å². The predicted octanol–water partition coefficient (Wildman–Crippen LogP) is 5.36. The Balaban J connectivity index is 2.02. The van der Waals surface area contributed by atoms with Crippen LogP contribution < -0.4 is 4.74 Å². The van der Waals surface area contributed by atoms with E-state index in [1.165, 1.54) is 12.1 Å². The lowest BCUT2D eigenvalue weighted by atomic mass is 10.2. The first kappa shape index (κ1) is 17.2. The summed E-state index contributed by atoms with van der Waals surface area (Å²) in [5.74, 6) is -0.144. The van der Waals surface area contributed by atoms with E-state index in [0.717, 1.165) is 0 Å². The molecule has 0 atom stereocenters. The third kappa shape index (κ3) is 5.55. The largest absolute Gasteiger partial charge is 0.436 e. The van der Waals surface area contributed by atoms with Gasteiger partial charge in [-0.3, -0.25) is 0 Å².